The highest BCUT2D eigenvalue weighted by Gasteiger charge is 2.20. The Hall–Kier alpha value is -3.25. The zero-order valence-electron chi connectivity index (χ0n) is 24.0. The molecule has 0 unspecified atom stereocenters. The van der Waals surface area contributed by atoms with Crippen molar-refractivity contribution in [3.63, 3.8) is 0 Å². The molecule has 0 bridgehead atoms. The standard InChI is InChI=1S/C26H50N6O7/c1-22(33)27-16-10-4-5-11-17-28-23(34)32(21-15-9-8-14-20-31-26(37)39-3)24(35)29-18-12-6-7-13-19-30-25(36)38-2/h4-21H2,1-3H3,(H,27,33)(H,28,34)(H,29,35)(H,30,36)(H,31,37). The summed E-state index contributed by atoms with van der Waals surface area (Å²) in [4.78, 5) is 59.7. The molecule has 13 heteroatoms. The number of nitrogens with zero attached hydrogens (tertiary/aromatic N) is 1. The van der Waals surface area contributed by atoms with E-state index in [4.69, 9.17) is 0 Å². The molecular formula is C26H50N6O7. The van der Waals surface area contributed by atoms with Crippen LogP contribution in [0.5, 0.6) is 0 Å². The van der Waals surface area contributed by atoms with Gasteiger partial charge in [0.05, 0.1) is 14.2 Å². The van der Waals surface area contributed by atoms with Gasteiger partial charge >= 0.3 is 24.2 Å². The molecule has 13 nitrogen and oxygen atoms in total. The number of urea groups is 2. The molecule has 226 valence electrons. The second-order valence-corrected chi connectivity index (χ2v) is 9.18. The van der Waals surface area contributed by atoms with Crippen LogP contribution in [0.15, 0.2) is 0 Å². The van der Waals surface area contributed by atoms with E-state index in [0.29, 0.717) is 45.7 Å². The van der Waals surface area contributed by atoms with Crippen molar-refractivity contribution < 1.29 is 33.4 Å². The van der Waals surface area contributed by atoms with Crippen molar-refractivity contribution >= 4 is 30.2 Å². The van der Waals surface area contributed by atoms with Crippen LogP contribution >= 0.6 is 0 Å². The number of imide groups is 1. The maximum Gasteiger partial charge on any atom is 0.406 e. The van der Waals surface area contributed by atoms with E-state index in [-0.39, 0.29) is 5.91 Å². The van der Waals surface area contributed by atoms with E-state index in [0.717, 1.165) is 70.6 Å². The van der Waals surface area contributed by atoms with Crippen molar-refractivity contribution in [3.05, 3.63) is 0 Å². The first-order chi connectivity index (χ1) is 18.8. The number of rotatable bonds is 21. The van der Waals surface area contributed by atoms with Crippen LogP contribution < -0.4 is 26.6 Å². The van der Waals surface area contributed by atoms with Crippen LogP contribution in [-0.2, 0) is 14.3 Å². The van der Waals surface area contributed by atoms with E-state index < -0.39 is 24.2 Å². The molecule has 0 aromatic rings. The fourth-order valence-electron chi connectivity index (χ4n) is 3.62. The van der Waals surface area contributed by atoms with Crippen LogP contribution in [0.1, 0.15) is 84.0 Å². The molecule has 0 atom stereocenters. The van der Waals surface area contributed by atoms with Crippen LogP contribution in [0.3, 0.4) is 0 Å². The molecule has 0 radical (unpaired) electrons. The summed E-state index contributed by atoms with van der Waals surface area (Å²) in [5.41, 5.74) is 0. The normalized spacial score (nSPS) is 10.2. The quantitative estimate of drug-likeness (QED) is 0.135. The van der Waals surface area contributed by atoms with Crippen molar-refractivity contribution in [1.82, 2.24) is 31.5 Å². The lowest BCUT2D eigenvalue weighted by Crippen LogP contribution is -2.49. The molecule has 0 spiro atoms. The average Bonchev–Trinajstić information content (AvgIpc) is 2.92. The summed E-state index contributed by atoms with van der Waals surface area (Å²) in [7, 11) is 2.64. The molecule has 5 N–H and O–H groups in total. The Kier molecular flexibility index (Phi) is 23.0. The number of amides is 7. The largest absolute Gasteiger partial charge is 0.453 e. The molecular weight excluding hydrogens is 508 g/mol. The second-order valence-electron chi connectivity index (χ2n) is 9.18. The van der Waals surface area contributed by atoms with E-state index in [1.54, 1.807) is 0 Å². The Morgan fingerprint density at radius 3 is 1.18 bits per heavy atom. The van der Waals surface area contributed by atoms with Gasteiger partial charge in [-0.3, -0.25) is 4.79 Å². The summed E-state index contributed by atoms with van der Waals surface area (Å²) >= 11 is 0. The Labute approximate surface area is 232 Å². The SMILES string of the molecule is COC(=O)NCCCCCCNC(=O)N(CCCCCCNC(=O)OC)C(=O)NCCCCCCNC(C)=O. The molecule has 0 saturated heterocycles. The zero-order chi connectivity index (χ0) is 29.1. The third kappa shape index (κ3) is 22.4. The van der Waals surface area contributed by atoms with E-state index in [1.165, 1.54) is 26.0 Å². The first kappa shape index (κ1) is 35.8. The van der Waals surface area contributed by atoms with Gasteiger partial charge in [0.15, 0.2) is 0 Å². The molecule has 0 aromatic carbocycles. The van der Waals surface area contributed by atoms with E-state index in [2.05, 4.69) is 36.1 Å². The lowest BCUT2D eigenvalue weighted by Gasteiger charge is -2.22. The number of hydrogen-bond acceptors (Lipinski definition) is 7. The fourth-order valence-corrected chi connectivity index (χ4v) is 3.62. The van der Waals surface area contributed by atoms with Crippen LogP contribution in [0.4, 0.5) is 19.2 Å². The summed E-state index contributed by atoms with van der Waals surface area (Å²) in [5, 5.41) is 13.7. The predicted molar refractivity (Wildman–Crippen MR) is 148 cm³/mol. The Morgan fingerprint density at radius 2 is 0.821 bits per heavy atom. The monoisotopic (exact) mass is 558 g/mol. The molecule has 0 rings (SSSR count). The summed E-state index contributed by atoms with van der Waals surface area (Å²) < 4.78 is 9.05. The predicted octanol–water partition coefficient (Wildman–Crippen LogP) is 3.24. The van der Waals surface area contributed by atoms with Crippen molar-refractivity contribution in [3.8, 4) is 0 Å². The van der Waals surface area contributed by atoms with Crippen LogP contribution in [0.25, 0.3) is 0 Å². The van der Waals surface area contributed by atoms with Gasteiger partial charge in [-0.05, 0) is 38.5 Å². The summed E-state index contributed by atoms with van der Waals surface area (Å²) in [6, 6.07) is -0.825. The van der Waals surface area contributed by atoms with Gasteiger partial charge in [-0.15, -0.1) is 0 Å². The number of alkyl carbamates (subject to hydrolysis) is 2. The summed E-state index contributed by atoms with van der Waals surface area (Å²) in [6.07, 6.45) is 9.13. The number of carbonyl (C=O) groups is 5. The van der Waals surface area contributed by atoms with Crippen molar-refractivity contribution in [2.75, 3.05) is 53.5 Å². The molecule has 0 saturated carbocycles. The number of ether oxygens (including phenoxy) is 2. The smallest absolute Gasteiger partial charge is 0.406 e. The number of unbranched alkanes of at least 4 members (excludes halogenated alkanes) is 9. The molecule has 0 aromatic heterocycles. The maximum atomic E-state index is 12.8. The maximum absolute atomic E-state index is 12.8. The first-order valence-corrected chi connectivity index (χ1v) is 14.0. The minimum Gasteiger partial charge on any atom is -0.453 e. The minimum absolute atomic E-state index is 0.0357. The third-order valence-electron chi connectivity index (χ3n) is 5.84. The van der Waals surface area contributed by atoms with Gasteiger partial charge in [0.1, 0.15) is 0 Å². The molecule has 0 aliphatic heterocycles. The Morgan fingerprint density at radius 1 is 0.487 bits per heavy atom. The van der Waals surface area contributed by atoms with Gasteiger partial charge in [0.2, 0.25) is 5.91 Å². The first-order valence-electron chi connectivity index (χ1n) is 14.0. The van der Waals surface area contributed by atoms with Crippen molar-refractivity contribution in [1.29, 1.82) is 0 Å². The number of hydrogen-bond donors (Lipinski definition) is 5. The van der Waals surface area contributed by atoms with Gasteiger partial charge in [-0.1, -0.05) is 38.5 Å². The van der Waals surface area contributed by atoms with Gasteiger partial charge in [-0.2, -0.15) is 0 Å². The lowest BCUT2D eigenvalue weighted by molar-refractivity contribution is -0.118. The van der Waals surface area contributed by atoms with Gasteiger partial charge in [0, 0.05) is 46.2 Å². The number of nitrogens with one attached hydrogen (secondary N) is 5. The van der Waals surface area contributed by atoms with Crippen molar-refractivity contribution in [2.45, 2.75) is 84.0 Å². The van der Waals surface area contributed by atoms with Gasteiger partial charge in [0.25, 0.3) is 0 Å². The number of carbonyl (C=O) groups excluding carboxylic acids is 5. The second kappa shape index (κ2) is 25.1. The lowest BCUT2D eigenvalue weighted by atomic mass is 10.2. The topological polar surface area (TPSA) is 167 Å². The molecule has 0 aliphatic rings. The Balaban J connectivity index is 4.36. The van der Waals surface area contributed by atoms with E-state index in [1.807, 2.05) is 0 Å². The van der Waals surface area contributed by atoms with Gasteiger partial charge < -0.3 is 36.1 Å². The van der Waals surface area contributed by atoms with Crippen LogP contribution in [0.2, 0.25) is 0 Å². The molecule has 39 heavy (non-hydrogen) atoms. The zero-order valence-corrected chi connectivity index (χ0v) is 24.0. The van der Waals surface area contributed by atoms with E-state index >= 15 is 0 Å². The Bertz CT molecular complexity index is 708. The average molecular weight is 559 g/mol. The fraction of sp³-hybridized carbons (Fsp3) is 0.808. The molecule has 0 heterocycles. The van der Waals surface area contributed by atoms with Crippen LogP contribution in [-0.4, -0.2) is 88.5 Å². The van der Waals surface area contributed by atoms with Gasteiger partial charge in [-0.25, -0.2) is 24.1 Å². The minimum atomic E-state index is -0.458. The molecule has 7 amide bonds. The highest BCUT2D eigenvalue weighted by atomic mass is 16.5. The van der Waals surface area contributed by atoms with E-state index in [9.17, 15) is 24.0 Å². The summed E-state index contributed by atoms with van der Waals surface area (Å²) in [5.74, 6) is -0.0357. The summed E-state index contributed by atoms with van der Waals surface area (Å²) in [6.45, 7) is 4.44. The highest BCUT2D eigenvalue weighted by Crippen LogP contribution is 2.05. The molecule has 0 fully saturated rings. The third-order valence-corrected chi connectivity index (χ3v) is 5.84. The highest BCUT2D eigenvalue weighted by molar-refractivity contribution is 5.93. The van der Waals surface area contributed by atoms with Crippen LogP contribution in [0, 0.1) is 0 Å². The van der Waals surface area contributed by atoms with Crippen molar-refractivity contribution in [2.24, 2.45) is 0 Å². The molecule has 0 aliphatic carbocycles. The number of methoxy groups -OCH3 is 2.